The van der Waals surface area contributed by atoms with Crippen molar-refractivity contribution in [3.63, 3.8) is 0 Å². The van der Waals surface area contributed by atoms with Crippen molar-refractivity contribution in [2.24, 2.45) is 10.9 Å². The van der Waals surface area contributed by atoms with E-state index in [4.69, 9.17) is 24.9 Å². The molecule has 0 radical (unpaired) electrons. The number of aliphatic imine (C=N–C) groups is 1. The molecule has 1 unspecified atom stereocenters. The monoisotopic (exact) mass is 465 g/mol. The first-order chi connectivity index (χ1) is 16.4. The maximum atomic E-state index is 9.55. The first-order valence-electron chi connectivity index (χ1n) is 10.6. The molecule has 0 amide bonds. The number of ether oxygens (including phenoxy) is 2. The Kier molecular flexibility index (Phi) is 10.6. The van der Waals surface area contributed by atoms with Gasteiger partial charge in [-0.1, -0.05) is 30.3 Å². The van der Waals surface area contributed by atoms with Crippen LogP contribution in [0, 0.1) is 17.2 Å². The standard InChI is InChI=1S/C21H23N3O2.C4H4O4/c1-24-15-17(16-26-20-10-6-5-7-18(20)14-22)13-21(24)23-11-12-25-19-8-3-2-4-9-19;5-3(6)1-2-4(7)8/h2-10,17H,11-13,15-16H2,1H3;1-2H,(H,5,6)(H,7,8)/b;2-1+. The van der Waals surface area contributed by atoms with E-state index in [-0.39, 0.29) is 0 Å². The average Bonchev–Trinajstić information content (AvgIpc) is 3.19. The molecule has 2 aromatic rings. The van der Waals surface area contributed by atoms with Gasteiger partial charge in [0.1, 0.15) is 24.2 Å². The normalized spacial score (nSPS) is 15.9. The van der Waals surface area contributed by atoms with Gasteiger partial charge in [-0.2, -0.15) is 5.26 Å². The van der Waals surface area contributed by atoms with Crippen LogP contribution in [0.4, 0.5) is 0 Å². The first kappa shape index (κ1) is 25.9. The second-order valence-electron chi connectivity index (χ2n) is 7.34. The molecule has 0 bridgehead atoms. The Morgan fingerprint density at radius 1 is 1.09 bits per heavy atom. The maximum absolute atomic E-state index is 9.55. The lowest BCUT2D eigenvalue weighted by atomic mass is 10.1. The number of nitrogens with zero attached hydrogens (tertiary/aromatic N) is 3. The summed E-state index contributed by atoms with van der Waals surface area (Å²) in [5.41, 5.74) is 0.575. The van der Waals surface area contributed by atoms with Gasteiger partial charge in [0.2, 0.25) is 0 Å². The SMILES string of the molecule is CN1CC(COc2ccccc2C#N)CC1=NCCOc1ccccc1.O=C(O)/C=C/C(=O)O. The van der Waals surface area contributed by atoms with E-state index in [0.717, 1.165) is 24.6 Å². The third-order valence-corrected chi connectivity index (χ3v) is 4.69. The molecule has 0 spiro atoms. The van der Waals surface area contributed by atoms with Gasteiger partial charge in [0.25, 0.3) is 0 Å². The molecular formula is C25H27N3O6. The number of hydrogen-bond acceptors (Lipinski definition) is 6. The van der Waals surface area contributed by atoms with Gasteiger partial charge in [-0.25, -0.2) is 9.59 Å². The summed E-state index contributed by atoms with van der Waals surface area (Å²) in [5, 5.41) is 24.8. The van der Waals surface area contributed by atoms with Crippen LogP contribution in [0.1, 0.15) is 12.0 Å². The van der Waals surface area contributed by atoms with Crippen molar-refractivity contribution < 1.29 is 29.3 Å². The van der Waals surface area contributed by atoms with E-state index in [9.17, 15) is 9.59 Å². The van der Waals surface area contributed by atoms with E-state index in [1.807, 2.05) is 48.5 Å². The topological polar surface area (TPSA) is 132 Å². The predicted molar refractivity (Wildman–Crippen MR) is 126 cm³/mol. The van der Waals surface area contributed by atoms with E-state index >= 15 is 0 Å². The fraction of sp³-hybridized carbons (Fsp3) is 0.280. The van der Waals surface area contributed by atoms with Crippen LogP contribution >= 0.6 is 0 Å². The Morgan fingerprint density at radius 2 is 1.74 bits per heavy atom. The molecule has 34 heavy (non-hydrogen) atoms. The molecule has 2 N–H and O–H groups in total. The fourth-order valence-corrected chi connectivity index (χ4v) is 3.16. The highest BCUT2D eigenvalue weighted by molar-refractivity contribution is 5.89. The number of carbonyl (C=O) groups is 2. The molecule has 1 atom stereocenters. The molecule has 0 saturated carbocycles. The van der Waals surface area contributed by atoms with Crippen molar-refractivity contribution in [3.8, 4) is 17.6 Å². The van der Waals surface area contributed by atoms with Gasteiger partial charge in [0.05, 0.1) is 24.6 Å². The number of carboxylic acids is 2. The minimum atomic E-state index is -1.26. The highest BCUT2D eigenvalue weighted by Crippen LogP contribution is 2.22. The maximum Gasteiger partial charge on any atom is 0.328 e. The van der Waals surface area contributed by atoms with Crippen molar-refractivity contribution in [3.05, 3.63) is 72.3 Å². The Labute approximate surface area is 198 Å². The van der Waals surface area contributed by atoms with Gasteiger partial charge in [0.15, 0.2) is 0 Å². The molecule has 3 rings (SSSR count). The second-order valence-corrected chi connectivity index (χ2v) is 7.34. The third kappa shape index (κ3) is 9.44. The number of nitriles is 1. The molecule has 1 aliphatic rings. The van der Waals surface area contributed by atoms with Crippen LogP contribution in [0.3, 0.4) is 0 Å². The molecule has 9 heteroatoms. The number of benzene rings is 2. The fourth-order valence-electron chi connectivity index (χ4n) is 3.16. The molecular weight excluding hydrogens is 438 g/mol. The Balaban J connectivity index is 0.000000440. The van der Waals surface area contributed by atoms with Crippen LogP contribution in [0.2, 0.25) is 0 Å². The van der Waals surface area contributed by atoms with Gasteiger partial charge in [-0.3, -0.25) is 4.99 Å². The lowest BCUT2D eigenvalue weighted by molar-refractivity contribution is -0.134. The molecule has 0 aliphatic carbocycles. The highest BCUT2D eigenvalue weighted by Gasteiger charge is 2.25. The zero-order valence-corrected chi connectivity index (χ0v) is 18.8. The summed E-state index contributed by atoms with van der Waals surface area (Å²) in [7, 11) is 2.06. The molecule has 9 nitrogen and oxygen atoms in total. The van der Waals surface area contributed by atoms with E-state index < -0.39 is 11.9 Å². The molecule has 178 valence electrons. The zero-order chi connectivity index (χ0) is 24.8. The van der Waals surface area contributed by atoms with Gasteiger partial charge in [0, 0.05) is 38.1 Å². The highest BCUT2D eigenvalue weighted by atomic mass is 16.5. The summed E-state index contributed by atoms with van der Waals surface area (Å²) in [5.74, 6) is 0.471. The minimum Gasteiger partial charge on any atom is -0.492 e. The molecule has 1 aliphatic heterocycles. The summed E-state index contributed by atoms with van der Waals surface area (Å²) in [4.78, 5) is 25.9. The largest absolute Gasteiger partial charge is 0.492 e. The van der Waals surface area contributed by atoms with Crippen LogP contribution in [-0.4, -0.2) is 66.2 Å². The molecule has 2 aromatic carbocycles. The molecule has 0 aromatic heterocycles. The minimum absolute atomic E-state index is 0.376. The van der Waals surface area contributed by atoms with Crippen molar-refractivity contribution in [1.82, 2.24) is 4.90 Å². The van der Waals surface area contributed by atoms with Crippen molar-refractivity contribution in [2.45, 2.75) is 6.42 Å². The van der Waals surface area contributed by atoms with Crippen molar-refractivity contribution >= 4 is 17.8 Å². The third-order valence-electron chi connectivity index (χ3n) is 4.69. The molecule has 1 heterocycles. The van der Waals surface area contributed by atoms with Crippen LogP contribution in [-0.2, 0) is 9.59 Å². The summed E-state index contributed by atoms with van der Waals surface area (Å²) < 4.78 is 11.5. The van der Waals surface area contributed by atoms with Crippen LogP contribution < -0.4 is 9.47 Å². The summed E-state index contributed by atoms with van der Waals surface area (Å²) >= 11 is 0. The average molecular weight is 466 g/mol. The van der Waals surface area contributed by atoms with Gasteiger partial charge < -0.3 is 24.6 Å². The number of likely N-dealkylation sites (tertiary alicyclic amines) is 1. The van der Waals surface area contributed by atoms with Gasteiger partial charge in [-0.15, -0.1) is 0 Å². The Bertz CT molecular complexity index is 1030. The van der Waals surface area contributed by atoms with Gasteiger partial charge >= 0.3 is 11.9 Å². The number of rotatable bonds is 9. The summed E-state index contributed by atoms with van der Waals surface area (Å²) in [6.45, 7) is 2.70. The van der Waals surface area contributed by atoms with Crippen LogP contribution in [0.25, 0.3) is 0 Å². The Morgan fingerprint density at radius 3 is 2.38 bits per heavy atom. The van der Waals surface area contributed by atoms with E-state index in [0.29, 0.717) is 49.1 Å². The smallest absolute Gasteiger partial charge is 0.328 e. The summed E-state index contributed by atoms with van der Waals surface area (Å²) in [6, 6.07) is 19.3. The van der Waals surface area contributed by atoms with E-state index in [1.54, 1.807) is 6.07 Å². The molecule has 1 fully saturated rings. The summed E-state index contributed by atoms with van der Waals surface area (Å²) in [6.07, 6.45) is 2.00. The number of para-hydroxylation sites is 2. The van der Waals surface area contributed by atoms with Crippen LogP contribution in [0.5, 0.6) is 11.5 Å². The Hall–Kier alpha value is -4.32. The molecule has 1 saturated heterocycles. The lowest BCUT2D eigenvalue weighted by Gasteiger charge is -2.13. The number of amidine groups is 1. The van der Waals surface area contributed by atoms with Gasteiger partial charge in [-0.05, 0) is 24.3 Å². The number of hydrogen-bond donors (Lipinski definition) is 2. The van der Waals surface area contributed by atoms with Crippen molar-refractivity contribution in [1.29, 1.82) is 5.26 Å². The number of aliphatic carboxylic acids is 2. The van der Waals surface area contributed by atoms with Crippen LogP contribution in [0.15, 0.2) is 71.7 Å². The second kappa shape index (κ2) is 14.0. The van der Waals surface area contributed by atoms with Crippen molar-refractivity contribution in [2.75, 3.05) is 33.4 Å². The lowest BCUT2D eigenvalue weighted by Crippen LogP contribution is -2.21. The predicted octanol–water partition coefficient (Wildman–Crippen LogP) is 3.08. The quantitative estimate of drug-likeness (QED) is 0.426. The first-order valence-corrected chi connectivity index (χ1v) is 10.6. The number of carboxylic acid groups (broad SMARTS) is 2. The zero-order valence-electron chi connectivity index (χ0n) is 18.8. The van der Waals surface area contributed by atoms with E-state index in [2.05, 4.69) is 23.0 Å². The van der Waals surface area contributed by atoms with E-state index in [1.165, 1.54) is 0 Å².